The third kappa shape index (κ3) is 11.1. The van der Waals surface area contributed by atoms with E-state index < -0.39 is 29.6 Å². The average Bonchev–Trinajstić information content (AvgIpc) is 4.05. The Kier molecular flexibility index (Phi) is 14.5. The average molecular weight is 875 g/mol. The van der Waals surface area contributed by atoms with Crippen molar-refractivity contribution in [2.45, 2.75) is 123 Å². The van der Waals surface area contributed by atoms with Crippen molar-refractivity contribution in [1.29, 1.82) is 0 Å². The van der Waals surface area contributed by atoms with Crippen molar-refractivity contribution in [1.82, 2.24) is 30.5 Å². The number of nitrogens with zero attached hydrogens (tertiary/aromatic N) is 4. The summed E-state index contributed by atoms with van der Waals surface area (Å²) >= 11 is 1.58. The Hall–Kier alpha value is -5.73. The first kappa shape index (κ1) is 45.3. The number of amides is 3. The van der Waals surface area contributed by atoms with Gasteiger partial charge in [-0.2, -0.15) is 0 Å². The Labute approximate surface area is 372 Å². The van der Waals surface area contributed by atoms with Gasteiger partial charge < -0.3 is 30.5 Å². The van der Waals surface area contributed by atoms with Crippen LogP contribution in [-0.4, -0.2) is 85.1 Å². The Morgan fingerprint density at radius 2 is 1.67 bits per heavy atom. The van der Waals surface area contributed by atoms with Gasteiger partial charge in [0.25, 0.3) is 0 Å². The molecule has 3 heterocycles. The number of aromatic carboxylic acids is 1. The van der Waals surface area contributed by atoms with Gasteiger partial charge in [0, 0.05) is 42.9 Å². The minimum absolute atomic E-state index is 0.0178. The monoisotopic (exact) mass is 874 g/mol. The van der Waals surface area contributed by atoms with Gasteiger partial charge in [-0.1, -0.05) is 76.8 Å². The Balaban J connectivity index is 0.859. The number of carbonyl (C=O) groups excluding carboxylic acids is 3. The first-order valence-electron chi connectivity index (χ1n) is 22.1. The summed E-state index contributed by atoms with van der Waals surface area (Å²) in [4.78, 5) is 68.6. The molecular formula is C49H58N6O7S. The van der Waals surface area contributed by atoms with Crippen LogP contribution >= 0.6 is 11.3 Å². The molecule has 2 aliphatic rings. The lowest BCUT2D eigenvalue weighted by Crippen LogP contribution is -2.57. The summed E-state index contributed by atoms with van der Waals surface area (Å²) in [6.45, 7) is 8.40. The molecule has 3 atom stereocenters. The first-order chi connectivity index (χ1) is 30.3. The number of aryl methyl sites for hydroxylation is 1. The zero-order valence-electron chi connectivity index (χ0n) is 36.6. The fourth-order valence-electron chi connectivity index (χ4n) is 8.78. The second-order valence-electron chi connectivity index (χ2n) is 17.9. The number of β-amino-alcohol motifs (C(OH)–C–C–N with tert-alkyl or cyclic N) is 1. The van der Waals surface area contributed by atoms with E-state index in [0.717, 1.165) is 94.4 Å². The lowest BCUT2D eigenvalue weighted by molar-refractivity contribution is -0.144. The van der Waals surface area contributed by atoms with Crippen molar-refractivity contribution in [3.05, 3.63) is 94.9 Å². The molecule has 14 heteroatoms. The summed E-state index contributed by atoms with van der Waals surface area (Å²) < 4.78 is 6.08. The number of carboxylic acid groups (broad SMARTS) is 1. The number of hydrogen-bond acceptors (Lipinski definition) is 10. The van der Waals surface area contributed by atoms with E-state index in [4.69, 9.17) is 4.74 Å². The molecule has 5 aromatic rings. The molecule has 0 radical (unpaired) electrons. The number of aromatic nitrogens is 3. The number of benzene rings is 3. The maximum absolute atomic E-state index is 14.0. The van der Waals surface area contributed by atoms with Crippen molar-refractivity contribution in [3.8, 4) is 27.4 Å². The molecule has 1 aliphatic heterocycles. The summed E-state index contributed by atoms with van der Waals surface area (Å²) in [5, 5.41) is 27.2. The summed E-state index contributed by atoms with van der Waals surface area (Å²) in [7, 11) is 0. The van der Waals surface area contributed by atoms with Crippen LogP contribution in [0.3, 0.4) is 0 Å². The number of likely N-dealkylation sites (tertiary alicyclic amines) is 1. The predicted molar refractivity (Wildman–Crippen MR) is 243 cm³/mol. The quantitative estimate of drug-likeness (QED) is 0.0664. The number of fused-ring (bicyclic) bond motifs is 1. The smallest absolute Gasteiger partial charge is 0.335 e. The van der Waals surface area contributed by atoms with Crippen LogP contribution in [0.15, 0.2) is 72.5 Å². The normalized spacial score (nSPS) is 17.2. The van der Waals surface area contributed by atoms with E-state index in [9.17, 15) is 29.4 Å². The third-order valence-electron chi connectivity index (χ3n) is 12.2. The highest BCUT2D eigenvalue weighted by Crippen LogP contribution is 2.39. The molecule has 3 amide bonds. The number of carbonyl (C=O) groups is 4. The maximum Gasteiger partial charge on any atom is 0.335 e. The maximum atomic E-state index is 14.0. The molecule has 1 saturated heterocycles. The fraction of sp³-hybridized carbons (Fsp3) is 0.449. The molecule has 3 aromatic carbocycles. The molecule has 332 valence electrons. The zero-order valence-corrected chi connectivity index (χ0v) is 37.4. The van der Waals surface area contributed by atoms with Crippen molar-refractivity contribution in [2.24, 2.45) is 5.41 Å². The minimum Gasteiger partial charge on any atom is -0.494 e. The highest BCUT2D eigenvalue weighted by Gasteiger charge is 2.44. The topological polar surface area (TPSA) is 184 Å². The van der Waals surface area contributed by atoms with Gasteiger partial charge >= 0.3 is 5.97 Å². The minimum atomic E-state index is -0.905. The van der Waals surface area contributed by atoms with Gasteiger partial charge in [-0.3, -0.25) is 14.4 Å². The highest BCUT2D eigenvalue weighted by molar-refractivity contribution is 7.13. The van der Waals surface area contributed by atoms with Crippen LogP contribution < -0.4 is 15.4 Å². The Morgan fingerprint density at radius 3 is 2.38 bits per heavy atom. The van der Waals surface area contributed by atoms with E-state index in [1.165, 1.54) is 11.2 Å². The number of ether oxygens (including phenoxy) is 1. The van der Waals surface area contributed by atoms with Gasteiger partial charge in [0.05, 0.1) is 45.6 Å². The summed E-state index contributed by atoms with van der Waals surface area (Å²) in [6, 6.07) is 17.4. The van der Waals surface area contributed by atoms with E-state index in [2.05, 4.69) is 25.6 Å². The number of thiazole rings is 1. The van der Waals surface area contributed by atoms with E-state index in [-0.39, 0.29) is 49.6 Å². The highest BCUT2D eigenvalue weighted by atomic mass is 32.1. The molecular weight excluding hydrogens is 817 g/mol. The number of carboxylic acids is 1. The number of aliphatic hydroxyl groups is 1. The fourth-order valence-corrected chi connectivity index (χ4v) is 9.59. The molecule has 7 rings (SSSR count). The Bertz CT molecular complexity index is 2420. The molecule has 1 saturated carbocycles. The molecule has 2 fully saturated rings. The number of aliphatic hydroxyl groups excluding tert-OH is 1. The van der Waals surface area contributed by atoms with Crippen LogP contribution in [0.2, 0.25) is 0 Å². The van der Waals surface area contributed by atoms with Crippen LogP contribution in [-0.2, 0) is 20.9 Å². The molecule has 3 unspecified atom stereocenters. The van der Waals surface area contributed by atoms with Gasteiger partial charge in [-0.25, -0.2) is 19.7 Å². The van der Waals surface area contributed by atoms with Crippen LogP contribution in [0.1, 0.15) is 118 Å². The molecule has 4 N–H and O–H groups in total. The van der Waals surface area contributed by atoms with Crippen molar-refractivity contribution >= 4 is 45.9 Å². The van der Waals surface area contributed by atoms with E-state index in [0.29, 0.717) is 24.3 Å². The lowest BCUT2D eigenvalue weighted by Gasteiger charge is -2.35. The van der Waals surface area contributed by atoms with Crippen LogP contribution in [0.4, 0.5) is 0 Å². The molecule has 13 nitrogen and oxygen atoms in total. The van der Waals surface area contributed by atoms with Crippen molar-refractivity contribution in [3.63, 3.8) is 0 Å². The first-order valence-corrected chi connectivity index (χ1v) is 22.9. The molecule has 2 aromatic heterocycles. The summed E-state index contributed by atoms with van der Waals surface area (Å²) in [6.07, 6.45) is 8.34. The van der Waals surface area contributed by atoms with E-state index >= 15 is 0 Å². The van der Waals surface area contributed by atoms with Gasteiger partial charge in [0.1, 0.15) is 24.2 Å². The molecule has 0 spiro atoms. The van der Waals surface area contributed by atoms with Crippen molar-refractivity contribution < 1.29 is 34.1 Å². The SMILES string of the molecule is Cc1ncsc1-c1ccc(CNC(=O)C2CC(O)CN2C(=O)C(NC(=O)CCCCCCOc2ccc3c(-c4ccc(C(=O)O)c(C5CCCC5)c4)ncnc3c2)C(C)(C)C)cc1. The van der Waals surface area contributed by atoms with Crippen LogP contribution in [0.25, 0.3) is 32.6 Å². The van der Waals surface area contributed by atoms with E-state index in [1.54, 1.807) is 17.4 Å². The van der Waals surface area contributed by atoms with Crippen LogP contribution in [0, 0.1) is 12.3 Å². The number of nitrogens with one attached hydrogen (secondary N) is 2. The summed E-state index contributed by atoms with van der Waals surface area (Å²) in [5.74, 6) is -0.932. The number of rotatable bonds is 17. The summed E-state index contributed by atoms with van der Waals surface area (Å²) in [5.41, 5.74) is 7.71. The number of unbranched alkanes of at least 4 members (excludes halogenated alkanes) is 3. The molecule has 0 bridgehead atoms. The van der Waals surface area contributed by atoms with Gasteiger partial charge in [-0.15, -0.1) is 11.3 Å². The lowest BCUT2D eigenvalue weighted by atomic mass is 9.85. The van der Waals surface area contributed by atoms with Crippen molar-refractivity contribution in [2.75, 3.05) is 13.2 Å². The van der Waals surface area contributed by atoms with Gasteiger partial charge in [0.2, 0.25) is 17.7 Å². The third-order valence-corrected chi connectivity index (χ3v) is 13.2. The standard InChI is InChI=1S/C49H58N6O7S/c1-30-44(63-29-53-30)33-16-14-31(15-17-33)26-50-46(58)41-24-35(56)27-55(41)47(59)45(49(2,3)4)54-42(57)13-7-5-6-10-22-62-36-19-21-38-40(25-36)51-28-52-43(38)34-18-20-37(48(60)61)39(23-34)32-11-8-9-12-32/h14-21,23,25,28-29,32,35,41,45,56H,5-13,22,24,26-27H2,1-4H3,(H,50,58)(H,54,57)(H,60,61). The van der Waals surface area contributed by atoms with E-state index in [1.807, 2.05) is 87.8 Å². The zero-order chi connectivity index (χ0) is 44.7. The molecule has 63 heavy (non-hydrogen) atoms. The second-order valence-corrected chi connectivity index (χ2v) is 18.8. The largest absolute Gasteiger partial charge is 0.494 e. The van der Waals surface area contributed by atoms with Gasteiger partial charge in [-0.05, 0) is 84.9 Å². The second kappa shape index (κ2) is 20.2. The van der Waals surface area contributed by atoms with Crippen LogP contribution in [0.5, 0.6) is 5.75 Å². The van der Waals surface area contributed by atoms with Gasteiger partial charge in [0.15, 0.2) is 0 Å². The predicted octanol–water partition coefficient (Wildman–Crippen LogP) is 8.22. The molecule has 1 aliphatic carbocycles. The number of hydrogen-bond donors (Lipinski definition) is 4. The Morgan fingerprint density at radius 1 is 0.921 bits per heavy atom.